The summed E-state index contributed by atoms with van der Waals surface area (Å²) in [5.74, 6) is -1.43. The van der Waals surface area contributed by atoms with Gasteiger partial charge in [0, 0.05) is 23.8 Å². The zero-order chi connectivity index (χ0) is 23.2. The molecule has 0 aromatic heterocycles. The molecule has 0 unspecified atom stereocenters. The molecule has 0 aromatic rings. The maximum atomic E-state index is 13.3. The van der Waals surface area contributed by atoms with E-state index in [2.05, 4.69) is 56.7 Å². The second-order valence-electron chi connectivity index (χ2n) is 11.3. The van der Waals surface area contributed by atoms with Crippen LogP contribution in [0.25, 0.3) is 0 Å². The standard InChI is InChI=1S/C23H33BrO6Si/c1-13-11-22(29-18(13)26)17-16-14(12-21(17,5)30-31(6,7)20(2,3)4)28-19(27)23(16,22)15(25)9-8-10-24/h8,10-11,14-17,25H,9,12H2,1-7H3/b10-8-/t14-,15+,16-,17-,21-,22-,23+/m0/s1. The first kappa shape index (κ1) is 23.2. The highest BCUT2D eigenvalue weighted by atomic mass is 79.9. The van der Waals surface area contributed by atoms with Gasteiger partial charge in [0.1, 0.15) is 11.5 Å². The monoisotopic (exact) mass is 512 g/mol. The van der Waals surface area contributed by atoms with Gasteiger partial charge in [-0.2, -0.15) is 0 Å². The molecule has 0 amide bonds. The number of fused-ring (bicyclic) bond motifs is 2. The number of hydrogen-bond acceptors (Lipinski definition) is 6. The predicted molar refractivity (Wildman–Crippen MR) is 122 cm³/mol. The second-order valence-corrected chi connectivity index (χ2v) is 16.6. The highest BCUT2D eigenvalue weighted by Gasteiger charge is 2.91. The Morgan fingerprint density at radius 2 is 2.03 bits per heavy atom. The molecular formula is C23H33BrO6Si. The lowest BCUT2D eigenvalue weighted by Gasteiger charge is -2.64. The van der Waals surface area contributed by atoms with Crippen LogP contribution in [0.3, 0.4) is 0 Å². The van der Waals surface area contributed by atoms with Crippen LogP contribution in [0.5, 0.6) is 0 Å². The summed E-state index contributed by atoms with van der Waals surface area (Å²) in [5, 5.41) is 11.3. The van der Waals surface area contributed by atoms with Gasteiger partial charge in [0.25, 0.3) is 0 Å². The molecule has 7 atom stereocenters. The molecule has 1 spiro atoms. The van der Waals surface area contributed by atoms with E-state index in [1.165, 1.54) is 0 Å². The Bertz CT molecular complexity index is 891. The van der Waals surface area contributed by atoms with Gasteiger partial charge in [0.2, 0.25) is 0 Å². The van der Waals surface area contributed by atoms with Crippen LogP contribution < -0.4 is 0 Å². The molecule has 2 heterocycles. The third kappa shape index (κ3) is 2.74. The summed E-state index contributed by atoms with van der Waals surface area (Å²) >= 11 is 3.23. The molecule has 0 aromatic carbocycles. The van der Waals surface area contributed by atoms with Gasteiger partial charge in [-0.05, 0) is 49.5 Å². The summed E-state index contributed by atoms with van der Waals surface area (Å²) in [6.07, 6.45) is 2.92. The molecule has 3 fully saturated rings. The van der Waals surface area contributed by atoms with Crippen molar-refractivity contribution in [1.29, 1.82) is 0 Å². The van der Waals surface area contributed by atoms with Gasteiger partial charge in [-0.25, -0.2) is 4.79 Å². The van der Waals surface area contributed by atoms with E-state index in [1.54, 1.807) is 24.1 Å². The van der Waals surface area contributed by atoms with Crippen molar-refractivity contribution in [2.45, 2.75) is 89.0 Å². The minimum atomic E-state index is -2.18. The zero-order valence-electron chi connectivity index (χ0n) is 19.3. The molecule has 6 nitrogen and oxygen atoms in total. The van der Waals surface area contributed by atoms with Gasteiger partial charge >= 0.3 is 11.9 Å². The molecule has 31 heavy (non-hydrogen) atoms. The van der Waals surface area contributed by atoms with Crippen LogP contribution in [0.1, 0.15) is 47.5 Å². The van der Waals surface area contributed by atoms with E-state index < -0.39 is 43.0 Å². The van der Waals surface area contributed by atoms with Crippen LogP contribution in [0, 0.1) is 17.3 Å². The molecule has 2 aliphatic carbocycles. The molecule has 8 heteroatoms. The third-order valence-electron chi connectivity index (χ3n) is 8.54. The molecule has 172 valence electrons. The molecule has 2 saturated carbocycles. The first-order chi connectivity index (χ1) is 14.2. The number of halogens is 1. The average molecular weight is 514 g/mol. The van der Waals surface area contributed by atoms with E-state index in [0.717, 1.165) is 0 Å². The smallest absolute Gasteiger partial charge is 0.334 e. The normalized spacial score (nSPS) is 42.5. The van der Waals surface area contributed by atoms with Gasteiger partial charge in [-0.15, -0.1) is 0 Å². The van der Waals surface area contributed by atoms with Crippen molar-refractivity contribution >= 4 is 36.2 Å². The lowest BCUT2D eigenvalue weighted by Crippen LogP contribution is -2.78. The van der Waals surface area contributed by atoms with Gasteiger partial charge in [-0.3, -0.25) is 4.79 Å². The SMILES string of the molecule is CC1=C[C@]2(OC1=O)[C@H]1[C@@H]3[C@H](C[C@]1(C)O[Si](C)(C)C(C)(C)C)OC(=O)[C@@]32[C@H](O)C/C=C\Br. The zero-order valence-corrected chi connectivity index (χ0v) is 21.9. The summed E-state index contributed by atoms with van der Waals surface area (Å²) < 4.78 is 18.9. The number of esters is 2. The summed E-state index contributed by atoms with van der Waals surface area (Å²) in [4.78, 5) is 27.6. The molecule has 2 aliphatic heterocycles. The Hall–Kier alpha value is -0.963. The molecule has 0 radical (unpaired) electrons. The number of aliphatic hydroxyl groups is 1. The van der Waals surface area contributed by atoms with Crippen molar-refractivity contribution in [3.63, 3.8) is 0 Å². The Kier molecular flexibility index (Phi) is 5.07. The summed E-state index contributed by atoms with van der Waals surface area (Å²) in [5.41, 5.74) is -2.73. The van der Waals surface area contributed by atoms with Crippen molar-refractivity contribution < 1.29 is 28.6 Å². The van der Waals surface area contributed by atoms with Crippen LogP contribution in [-0.2, 0) is 23.5 Å². The Balaban J connectivity index is 1.84. The van der Waals surface area contributed by atoms with Crippen molar-refractivity contribution in [3.05, 3.63) is 22.7 Å². The number of rotatable bonds is 5. The van der Waals surface area contributed by atoms with E-state index in [9.17, 15) is 14.7 Å². The molecule has 1 saturated heterocycles. The van der Waals surface area contributed by atoms with Crippen LogP contribution in [0.4, 0.5) is 0 Å². The van der Waals surface area contributed by atoms with Crippen molar-refractivity contribution in [2.24, 2.45) is 17.3 Å². The van der Waals surface area contributed by atoms with Crippen molar-refractivity contribution in [1.82, 2.24) is 0 Å². The maximum absolute atomic E-state index is 13.3. The van der Waals surface area contributed by atoms with Gasteiger partial charge in [-0.1, -0.05) is 42.8 Å². The molecule has 4 aliphatic rings. The van der Waals surface area contributed by atoms with E-state index in [1.807, 2.05) is 0 Å². The average Bonchev–Trinajstić information content (AvgIpc) is 3.14. The van der Waals surface area contributed by atoms with Crippen molar-refractivity contribution in [3.8, 4) is 0 Å². The number of hydrogen-bond donors (Lipinski definition) is 1. The summed E-state index contributed by atoms with van der Waals surface area (Å²) in [6.45, 7) is 14.7. The highest BCUT2D eigenvalue weighted by Crippen LogP contribution is 2.77. The van der Waals surface area contributed by atoms with Crippen LogP contribution in [-0.4, -0.2) is 48.8 Å². The van der Waals surface area contributed by atoms with Crippen LogP contribution in [0.2, 0.25) is 18.1 Å². The van der Waals surface area contributed by atoms with E-state index in [4.69, 9.17) is 13.9 Å². The van der Waals surface area contributed by atoms with Gasteiger partial charge in [0.05, 0.1) is 11.7 Å². The summed E-state index contributed by atoms with van der Waals surface area (Å²) in [6, 6.07) is 0. The molecule has 4 rings (SSSR count). The number of carbonyl (C=O) groups excluding carboxylic acids is 2. The van der Waals surface area contributed by atoms with E-state index in [0.29, 0.717) is 12.0 Å². The summed E-state index contributed by atoms with van der Waals surface area (Å²) in [7, 11) is -2.18. The maximum Gasteiger partial charge on any atom is 0.334 e. The fourth-order valence-corrected chi connectivity index (χ4v) is 8.32. The number of ether oxygens (including phenoxy) is 2. The Morgan fingerprint density at radius 1 is 1.39 bits per heavy atom. The Morgan fingerprint density at radius 3 is 2.55 bits per heavy atom. The van der Waals surface area contributed by atoms with E-state index >= 15 is 0 Å². The molecule has 0 bridgehead atoms. The topological polar surface area (TPSA) is 82.1 Å². The fourth-order valence-electron chi connectivity index (χ4n) is 6.42. The van der Waals surface area contributed by atoms with Gasteiger partial charge < -0.3 is 19.0 Å². The predicted octanol–water partition coefficient (Wildman–Crippen LogP) is 4.23. The van der Waals surface area contributed by atoms with Crippen LogP contribution >= 0.6 is 15.9 Å². The minimum Gasteiger partial charge on any atom is -0.461 e. The first-order valence-electron chi connectivity index (χ1n) is 11.0. The highest BCUT2D eigenvalue weighted by molar-refractivity contribution is 9.11. The largest absolute Gasteiger partial charge is 0.461 e. The lowest BCUT2D eigenvalue weighted by atomic mass is 9.41. The van der Waals surface area contributed by atoms with Gasteiger partial charge in [0.15, 0.2) is 13.9 Å². The number of aliphatic hydroxyl groups excluding tert-OH is 1. The minimum absolute atomic E-state index is 0.00329. The second kappa shape index (κ2) is 6.78. The fraction of sp³-hybridized carbons (Fsp3) is 0.739. The van der Waals surface area contributed by atoms with Crippen molar-refractivity contribution in [2.75, 3.05) is 0 Å². The first-order valence-corrected chi connectivity index (χ1v) is 14.8. The van der Waals surface area contributed by atoms with Crippen LogP contribution in [0.15, 0.2) is 22.7 Å². The Labute approximate surface area is 193 Å². The lowest BCUT2D eigenvalue weighted by molar-refractivity contribution is -0.271. The third-order valence-corrected chi connectivity index (χ3v) is 13.5. The molecule has 1 N–H and O–H groups in total. The van der Waals surface area contributed by atoms with E-state index in [-0.39, 0.29) is 29.4 Å². The quantitative estimate of drug-likeness (QED) is 0.438. The molecular weight excluding hydrogens is 480 g/mol. The number of carbonyl (C=O) groups is 2.